The van der Waals surface area contributed by atoms with E-state index in [0.717, 1.165) is 10.6 Å². The molecule has 0 amide bonds. The van der Waals surface area contributed by atoms with Gasteiger partial charge in [0.1, 0.15) is 6.10 Å². The number of fused-ring (bicyclic) bond motifs is 1. The van der Waals surface area contributed by atoms with Gasteiger partial charge in [-0.05, 0) is 0 Å². The van der Waals surface area contributed by atoms with Crippen molar-refractivity contribution in [3.05, 3.63) is 30.1 Å². The van der Waals surface area contributed by atoms with Crippen LogP contribution in [0.2, 0.25) is 0 Å². The first-order valence-electron chi connectivity index (χ1n) is 4.72. The number of alkyl halides is 3. The minimum atomic E-state index is -4.60. The SMILES string of the molecule is NCC(O)c1nc(C(F)(F)F)n2ccncc12. The molecule has 0 bridgehead atoms. The summed E-state index contributed by atoms with van der Waals surface area (Å²) in [4.78, 5) is 7.10. The number of halogens is 3. The maximum absolute atomic E-state index is 12.7. The summed E-state index contributed by atoms with van der Waals surface area (Å²) in [5.41, 5.74) is 5.19. The summed E-state index contributed by atoms with van der Waals surface area (Å²) >= 11 is 0. The van der Waals surface area contributed by atoms with Crippen molar-refractivity contribution in [3.63, 3.8) is 0 Å². The summed E-state index contributed by atoms with van der Waals surface area (Å²) in [6.07, 6.45) is -2.29. The van der Waals surface area contributed by atoms with E-state index >= 15 is 0 Å². The van der Waals surface area contributed by atoms with E-state index in [4.69, 9.17) is 5.73 Å². The highest BCUT2D eigenvalue weighted by molar-refractivity contribution is 5.52. The van der Waals surface area contributed by atoms with Crippen molar-refractivity contribution in [2.75, 3.05) is 6.54 Å². The zero-order valence-electron chi connectivity index (χ0n) is 8.52. The zero-order chi connectivity index (χ0) is 12.6. The van der Waals surface area contributed by atoms with Crippen molar-refractivity contribution in [3.8, 4) is 0 Å². The van der Waals surface area contributed by atoms with Gasteiger partial charge in [0, 0.05) is 18.9 Å². The molecule has 0 radical (unpaired) electrons. The highest BCUT2D eigenvalue weighted by atomic mass is 19.4. The summed E-state index contributed by atoms with van der Waals surface area (Å²) in [7, 11) is 0. The highest BCUT2D eigenvalue weighted by Gasteiger charge is 2.37. The van der Waals surface area contributed by atoms with Gasteiger partial charge in [0.05, 0.1) is 17.4 Å². The largest absolute Gasteiger partial charge is 0.450 e. The molecular formula is C9H9F3N4O. The van der Waals surface area contributed by atoms with Crippen molar-refractivity contribution in [2.45, 2.75) is 12.3 Å². The lowest BCUT2D eigenvalue weighted by Gasteiger charge is -2.03. The van der Waals surface area contributed by atoms with Crippen LogP contribution in [0.5, 0.6) is 0 Å². The first-order valence-corrected chi connectivity index (χ1v) is 4.72. The predicted octanol–water partition coefficient (Wildman–Crippen LogP) is 0.740. The number of rotatable bonds is 2. The van der Waals surface area contributed by atoms with Crippen molar-refractivity contribution >= 4 is 5.52 Å². The Morgan fingerprint density at radius 2 is 2.18 bits per heavy atom. The van der Waals surface area contributed by atoms with Gasteiger partial charge in [0.2, 0.25) is 5.82 Å². The fraction of sp³-hybridized carbons (Fsp3) is 0.333. The Morgan fingerprint density at radius 1 is 1.47 bits per heavy atom. The van der Waals surface area contributed by atoms with Crippen LogP contribution in [0, 0.1) is 0 Å². The fourth-order valence-electron chi connectivity index (χ4n) is 1.52. The van der Waals surface area contributed by atoms with Crippen LogP contribution in [0.1, 0.15) is 17.6 Å². The van der Waals surface area contributed by atoms with E-state index in [9.17, 15) is 18.3 Å². The van der Waals surface area contributed by atoms with Crippen molar-refractivity contribution < 1.29 is 18.3 Å². The molecule has 5 nitrogen and oxygen atoms in total. The van der Waals surface area contributed by atoms with Crippen LogP contribution in [0.4, 0.5) is 13.2 Å². The topological polar surface area (TPSA) is 76.4 Å². The van der Waals surface area contributed by atoms with Crippen LogP contribution < -0.4 is 5.73 Å². The number of hydrogen-bond donors (Lipinski definition) is 2. The molecule has 8 heteroatoms. The number of hydrogen-bond acceptors (Lipinski definition) is 4. The third kappa shape index (κ3) is 1.96. The average molecular weight is 246 g/mol. The van der Waals surface area contributed by atoms with Crippen LogP contribution in [0.15, 0.2) is 18.6 Å². The summed E-state index contributed by atoms with van der Waals surface area (Å²) in [5.74, 6) is -1.10. The van der Waals surface area contributed by atoms with Gasteiger partial charge in [-0.1, -0.05) is 0 Å². The molecule has 0 saturated carbocycles. The Morgan fingerprint density at radius 3 is 2.76 bits per heavy atom. The van der Waals surface area contributed by atoms with Crippen LogP contribution in [0.3, 0.4) is 0 Å². The van der Waals surface area contributed by atoms with E-state index in [0.29, 0.717) is 0 Å². The van der Waals surface area contributed by atoms with E-state index in [1.165, 1.54) is 12.4 Å². The molecule has 0 aliphatic carbocycles. The van der Waals surface area contributed by atoms with Gasteiger partial charge >= 0.3 is 6.18 Å². The molecule has 1 unspecified atom stereocenters. The Hall–Kier alpha value is -1.67. The Bertz CT molecular complexity index is 537. The molecule has 2 aromatic heterocycles. The second-order valence-electron chi connectivity index (χ2n) is 3.40. The molecule has 0 saturated heterocycles. The number of aliphatic hydroxyl groups is 1. The van der Waals surface area contributed by atoms with Crippen molar-refractivity contribution in [2.24, 2.45) is 5.73 Å². The number of imidazole rings is 1. The zero-order valence-corrected chi connectivity index (χ0v) is 8.52. The number of aliphatic hydroxyl groups excluding tert-OH is 1. The molecule has 92 valence electrons. The van der Waals surface area contributed by atoms with E-state index in [1.54, 1.807) is 0 Å². The summed E-state index contributed by atoms with van der Waals surface area (Å²) in [5, 5.41) is 9.51. The summed E-state index contributed by atoms with van der Waals surface area (Å²) in [6, 6.07) is 0. The van der Waals surface area contributed by atoms with Gasteiger partial charge in [-0.25, -0.2) is 4.98 Å². The van der Waals surface area contributed by atoms with E-state index in [1.807, 2.05) is 0 Å². The van der Waals surface area contributed by atoms with E-state index < -0.39 is 18.1 Å². The van der Waals surface area contributed by atoms with Gasteiger partial charge in [-0.3, -0.25) is 9.38 Å². The monoisotopic (exact) mass is 246 g/mol. The lowest BCUT2D eigenvalue weighted by atomic mass is 10.2. The minimum Gasteiger partial charge on any atom is -0.385 e. The number of nitrogens with two attached hydrogens (primary N) is 1. The standard InChI is InChI=1S/C9H9F3N4O/c10-9(11,12)8-15-7(6(17)3-13)5-4-14-1-2-16(5)8/h1-2,4,6,17H,3,13H2. The molecule has 0 aliphatic heterocycles. The first-order chi connectivity index (χ1) is 7.95. The second-order valence-corrected chi connectivity index (χ2v) is 3.40. The summed E-state index contributed by atoms with van der Waals surface area (Å²) in [6.45, 7) is -0.209. The Labute approximate surface area is 93.7 Å². The van der Waals surface area contributed by atoms with Crippen LogP contribution in [-0.4, -0.2) is 26.0 Å². The quantitative estimate of drug-likeness (QED) is 0.819. The Kier molecular flexibility index (Phi) is 2.76. The van der Waals surface area contributed by atoms with Crippen molar-refractivity contribution in [1.29, 1.82) is 0 Å². The molecular weight excluding hydrogens is 237 g/mol. The van der Waals surface area contributed by atoms with E-state index in [-0.39, 0.29) is 17.8 Å². The molecule has 1 atom stereocenters. The third-order valence-corrected chi connectivity index (χ3v) is 2.27. The molecule has 3 N–H and O–H groups in total. The molecule has 2 heterocycles. The van der Waals surface area contributed by atoms with E-state index in [2.05, 4.69) is 9.97 Å². The highest BCUT2D eigenvalue weighted by Crippen LogP contribution is 2.31. The van der Waals surface area contributed by atoms with Gasteiger partial charge in [-0.15, -0.1) is 0 Å². The summed E-state index contributed by atoms with van der Waals surface area (Å²) < 4.78 is 38.9. The van der Waals surface area contributed by atoms with Gasteiger partial charge in [-0.2, -0.15) is 13.2 Å². The van der Waals surface area contributed by atoms with Crippen molar-refractivity contribution in [1.82, 2.24) is 14.4 Å². The number of nitrogens with zero attached hydrogens (tertiary/aromatic N) is 3. The van der Waals surface area contributed by atoms with Gasteiger partial charge in [0.15, 0.2) is 0 Å². The molecule has 0 aromatic carbocycles. The molecule has 2 rings (SSSR count). The normalized spacial score (nSPS) is 14.2. The molecule has 0 spiro atoms. The molecule has 0 aliphatic rings. The second kappa shape index (κ2) is 3.97. The maximum Gasteiger partial charge on any atom is 0.450 e. The molecule has 17 heavy (non-hydrogen) atoms. The van der Waals surface area contributed by atoms with Gasteiger partial charge < -0.3 is 10.8 Å². The molecule has 2 aromatic rings. The maximum atomic E-state index is 12.7. The smallest absolute Gasteiger partial charge is 0.385 e. The lowest BCUT2D eigenvalue weighted by Crippen LogP contribution is -2.13. The van der Waals surface area contributed by atoms with Crippen LogP contribution in [0.25, 0.3) is 5.52 Å². The average Bonchev–Trinajstić information content (AvgIpc) is 2.67. The minimum absolute atomic E-state index is 0.0952. The third-order valence-electron chi connectivity index (χ3n) is 2.27. The molecule has 0 fully saturated rings. The Balaban J connectivity index is 2.71. The van der Waals surface area contributed by atoms with Crippen LogP contribution in [-0.2, 0) is 6.18 Å². The predicted molar refractivity (Wildman–Crippen MR) is 52.0 cm³/mol. The number of aromatic nitrogens is 3. The van der Waals surface area contributed by atoms with Gasteiger partial charge in [0.25, 0.3) is 0 Å². The fourth-order valence-corrected chi connectivity index (χ4v) is 1.52. The first kappa shape index (κ1) is 11.8. The lowest BCUT2D eigenvalue weighted by molar-refractivity contribution is -0.145. The van der Waals surface area contributed by atoms with Crippen LogP contribution >= 0.6 is 0 Å².